The van der Waals surface area contributed by atoms with Crippen LogP contribution in [-0.2, 0) is 22.7 Å². The van der Waals surface area contributed by atoms with E-state index in [2.05, 4.69) is 44.6 Å². The van der Waals surface area contributed by atoms with Gasteiger partial charge in [0, 0.05) is 22.6 Å². The average molecular weight is 631 g/mol. The number of hydrogen-bond donors (Lipinski definition) is 2. The zero-order valence-corrected chi connectivity index (χ0v) is 27.5. The molecule has 234 valence electrons. The molecule has 2 fully saturated rings. The molecule has 43 heavy (non-hydrogen) atoms. The van der Waals surface area contributed by atoms with Crippen molar-refractivity contribution in [3.8, 4) is 11.1 Å². The Morgan fingerprint density at radius 1 is 1.16 bits per heavy atom. The van der Waals surface area contributed by atoms with Gasteiger partial charge in [-0.25, -0.2) is 19.7 Å². The van der Waals surface area contributed by atoms with E-state index in [1.165, 1.54) is 6.26 Å². The van der Waals surface area contributed by atoms with E-state index in [9.17, 15) is 9.59 Å². The average Bonchev–Trinajstić information content (AvgIpc) is 3.88. The van der Waals surface area contributed by atoms with Gasteiger partial charge in [0.1, 0.15) is 35.6 Å². The van der Waals surface area contributed by atoms with Gasteiger partial charge in [-0.05, 0) is 94.6 Å². The molecular weight excluding hydrogens is 588 g/mol. The summed E-state index contributed by atoms with van der Waals surface area (Å²) in [5.41, 5.74) is 4.32. The van der Waals surface area contributed by atoms with Crippen LogP contribution in [0.3, 0.4) is 0 Å². The number of hydrogen-bond acceptors (Lipinski definition) is 7. The van der Waals surface area contributed by atoms with E-state index in [0.717, 1.165) is 54.0 Å². The van der Waals surface area contributed by atoms with Gasteiger partial charge in [-0.2, -0.15) is 5.10 Å². The molecule has 1 atom stereocenters. The Labute approximate surface area is 260 Å². The van der Waals surface area contributed by atoms with Gasteiger partial charge in [0.2, 0.25) is 5.91 Å². The number of aromatic nitrogens is 4. The Hall–Kier alpha value is -2.89. The predicted molar refractivity (Wildman–Crippen MR) is 171 cm³/mol. The Morgan fingerprint density at radius 3 is 2.47 bits per heavy atom. The minimum atomic E-state index is -0.699. The fourth-order valence-corrected chi connectivity index (χ4v) is 6.58. The van der Waals surface area contributed by atoms with Crippen LogP contribution in [-0.4, -0.2) is 68.9 Å². The van der Waals surface area contributed by atoms with Crippen molar-refractivity contribution in [2.75, 3.05) is 36.4 Å². The summed E-state index contributed by atoms with van der Waals surface area (Å²) in [5.74, 6) is 1.66. The number of nitrogens with one attached hydrogen (secondary N) is 2. The topological polar surface area (TPSA) is 124 Å². The van der Waals surface area contributed by atoms with E-state index < -0.39 is 16.1 Å². The van der Waals surface area contributed by atoms with Gasteiger partial charge in [-0.1, -0.05) is 23.7 Å². The van der Waals surface area contributed by atoms with Crippen molar-refractivity contribution in [2.24, 2.45) is 17.8 Å². The number of rotatable bonds is 14. The zero-order chi connectivity index (χ0) is 30.9. The van der Waals surface area contributed by atoms with Crippen LogP contribution in [0.2, 0.25) is 5.15 Å². The summed E-state index contributed by atoms with van der Waals surface area (Å²) in [5, 5.41) is 14.8. The van der Waals surface area contributed by atoms with Gasteiger partial charge in [-0.15, -0.1) is 0 Å². The number of pyridine rings is 1. The Kier molecular flexibility index (Phi) is 9.53. The highest BCUT2D eigenvalue weighted by Crippen LogP contribution is 2.51. The monoisotopic (exact) mass is 630 g/mol. The predicted octanol–water partition coefficient (Wildman–Crippen LogP) is 5.61. The van der Waals surface area contributed by atoms with Gasteiger partial charge in [-0.3, -0.25) is 9.59 Å². The number of ether oxygens (including phenoxy) is 1. The number of aryl methyl sites for hydroxylation is 2. The molecule has 0 saturated heterocycles. The molecule has 2 N–H and O–H groups in total. The van der Waals surface area contributed by atoms with Crippen molar-refractivity contribution < 1.29 is 18.8 Å². The fraction of sp³-hybridized carbons (Fsp3) is 0.581. The van der Waals surface area contributed by atoms with Crippen molar-refractivity contribution in [3.63, 3.8) is 0 Å². The molecule has 3 heterocycles. The molecule has 0 radical (unpaired) electrons. The lowest BCUT2D eigenvalue weighted by Gasteiger charge is -2.27. The molecular formula is C31H43ClN6O4S. The molecule has 0 spiro atoms. The Bertz CT molecular complexity index is 1460. The minimum absolute atomic E-state index is 0.0757. The number of nitrogens with zero attached hydrogens (tertiary/aromatic N) is 4. The summed E-state index contributed by atoms with van der Waals surface area (Å²) in [6, 6.07) is 2.90. The van der Waals surface area contributed by atoms with E-state index >= 15 is 0 Å². The number of carbonyl (C=O) groups is 2. The summed E-state index contributed by atoms with van der Waals surface area (Å²) in [6.45, 7) is 6.89. The maximum atomic E-state index is 13.8. The quantitative estimate of drug-likeness (QED) is 0.175. The van der Waals surface area contributed by atoms with Crippen molar-refractivity contribution in [2.45, 2.75) is 65.6 Å². The SMILES string of the molecule is CCc1nocc1C(=O)N[C@H](C(=O)Nc1ccc(-c2c(C)nn(COCCS(C)(C)C)c2C)c(Cl)n1)C(C1CC1)C1CC1. The molecule has 2 saturated carbocycles. The van der Waals surface area contributed by atoms with Crippen LogP contribution in [0.5, 0.6) is 0 Å². The molecule has 0 bridgehead atoms. The third kappa shape index (κ3) is 7.61. The molecule has 3 aromatic rings. The fourth-order valence-electron chi connectivity index (χ4n) is 5.71. The van der Waals surface area contributed by atoms with Crippen LogP contribution < -0.4 is 10.6 Å². The van der Waals surface area contributed by atoms with Gasteiger partial charge < -0.3 is 19.9 Å². The number of carbonyl (C=O) groups excluding carboxylic acids is 2. The lowest BCUT2D eigenvalue weighted by atomic mass is 9.88. The molecule has 0 aliphatic heterocycles. The number of amides is 2. The summed E-state index contributed by atoms with van der Waals surface area (Å²) in [7, 11) is -0.623. The maximum Gasteiger partial charge on any atom is 0.257 e. The molecule has 0 aromatic carbocycles. The van der Waals surface area contributed by atoms with E-state index in [4.69, 9.17) is 20.9 Å². The first-order chi connectivity index (χ1) is 20.5. The van der Waals surface area contributed by atoms with Gasteiger partial charge in [0.15, 0.2) is 0 Å². The summed E-state index contributed by atoms with van der Waals surface area (Å²) in [4.78, 5) is 31.5. The lowest BCUT2D eigenvalue weighted by Crippen LogP contribution is -2.50. The third-order valence-corrected chi connectivity index (χ3v) is 9.99. The highest BCUT2D eigenvalue weighted by molar-refractivity contribution is 8.32. The molecule has 2 amide bonds. The van der Waals surface area contributed by atoms with E-state index in [1.807, 2.05) is 31.5 Å². The molecule has 10 nitrogen and oxygen atoms in total. The summed E-state index contributed by atoms with van der Waals surface area (Å²) < 4.78 is 12.8. The van der Waals surface area contributed by atoms with Crippen LogP contribution in [0, 0.1) is 31.6 Å². The second kappa shape index (κ2) is 13.0. The second-order valence-electron chi connectivity index (χ2n) is 12.6. The third-order valence-electron chi connectivity index (χ3n) is 8.31. The Morgan fingerprint density at radius 2 is 1.86 bits per heavy atom. The van der Waals surface area contributed by atoms with E-state index in [1.54, 1.807) is 6.07 Å². The largest absolute Gasteiger partial charge is 0.364 e. The normalized spacial score (nSPS) is 16.4. The molecule has 3 aromatic heterocycles. The molecule has 2 aliphatic carbocycles. The van der Waals surface area contributed by atoms with E-state index in [-0.39, 0.29) is 22.9 Å². The smallest absolute Gasteiger partial charge is 0.257 e. The zero-order valence-electron chi connectivity index (χ0n) is 25.9. The van der Waals surface area contributed by atoms with Crippen LogP contribution >= 0.6 is 21.6 Å². The number of halogens is 1. The second-order valence-corrected chi connectivity index (χ2v) is 17.6. The van der Waals surface area contributed by atoms with Crippen LogP contribution in [0.15, 0.2) is 22.9 Å². The highest BCUT2D eigenvalue weighted by Gasteiger charge is 2.48. The van der Waals surface area contributed by atoms with Crippen LogP contribution in [0.4, 0.5) is 5.82 Å². The lowest BCUT2D eigenvalue weighted by molar-refractivity contribution is -0.119. The van der Waals surface area contributed by atoms with Crippen molar-refractivity contribution in [1.82, 2.24) is 25.2 Å². The van der Waals surface area contributed by atoms with Gasteiger partial charge in [0.25, 0.3) is 5.91 Å². The highest BCUT2D eigenvalue weighted by atomic mass is 35.5. The summed E-state index contributed by atoms with van der Waals surface area (Å²) in [6.07, 6.45) is 13.0. The van der Waals surface area contributed by atoms with Crippen molar-refractivity contribution in [3.05, 3.63) is 46.2 Å². The number of anilines is 1. The first kappa shape index (κ1) is 31.5. The van der Waals surface area contributed by atoms with Gasteiger partial charge >= 0.3 is 0 Å². The molecule has 12 heteroatoms. The first-order valence-corrected chi connectivity index (χ1v) is 18.4. The standard InChI is InChI=1S/C31H43ClN6O4S/c1-7-24-23(16-42-37-24)30(39)35-28(27(20-8-9-20)21-10-11-21)31(40)34-25-13-12-22(29(32)33-25)26-18(2)36-38(19(26)3)17-41-14-15-43(4,5)6/h12-13,16,20-21,27-28H,7-11,14-15,17H2,1-6H3,(H,35,39)(H,33,34,40)/t28-/m0/s1. The molecule has 5 rings (SSSR count). The molecule has 2 aliphatic rings. The first-order valence-electron chi connectivity index (χ1n) is 15.0. The Balaban J connectivity index is 1.31. The molecule has 0 unspecified atom stereocenters. The van der Waals surface area contributed by atoms with Crippen molar-refractivity contribution >= 4 is 39.3 Å². The van der Waals surface area contributed by atoms with Crippen LogP contribution in [0.25, 0.3) is 11.1 Å². The van der Waals surface area contributed by atoms with Crippen molar-refractivity contribution in [1.29, 1.82) is 0 Å². The minimum Gasteiger partial charge on any atom is -0.364 e. The summed E-state index contributed by atoms with van der Waals surface area (Å²) >= 11 is 6.71. The van der Waals surface area contributed by atoms with E-state index in [0.29, 0.717) is 48.7 Å². The van der Waals surface area contributed by atoms with Crippen LogP contribution in [0.1, 0.15) is 60.0 Å². The van der Waals surface area contributed by atoms with Gasteiger partial charge in [0.05, 0.1) is 18.0 Å². The maximum absolute atomic E-state index is 13.8.